The number of hydrogen-bond acceptors (Lipinski definition) is 1. The maximum Gasteiger partial charge on any atom is 0.252 e. The van der Waals surface area contributed by atoms with E-state index in [9.17, 15) is 4.79 Å². The van der Waals surface area contributed by atoms with Crippen LogP contribution in [0.2, 0.25) is 5.02 Å². The molecule has 0 bridgehead atoms. The van der Waals surface area contributed by atoms with E-state index in [4.69, 9.17) is 11.6 Å². The lowest BCUT2D eigenvalue weighted by Gasteiger charge is -2.15. The Morgan fingerprint density at radius 3 is 2.89 bits per heavy atom. The Morgan fingerprint density at radius 2 is 2.22 bits per heavy atom. The third kappa shape index (κ3) is 3.49. The van der Waals surface area contributed by atoms with Gasteiger partial charge >= 0.3 is 0 Å². The van der Waals surface area contributed by atoms with E-state index in [-0.39, 0.29) is 5.91 Å². The number of amides is 1. The molecule has 5 heteroatoms. The van der Waals surface area contributed by atoms with Crippen LogP contribution in [-0.4, -0.2) is 17.3 Å². The van der Waals surface area contributed by atoms with Crippen LogP contribution in [0.25, 0.3) is 0 Å². The zero-order valence-electron chi connectivity index (χ0n) is 9.76. The second kappa shape index (κ2) is 6.40. The van der Waals surface area contributed by atoms with Gasteiger partial charge in [0.05, 0.1) is 10.6 Å². The topological polar surface area (TPSA) is 29.1 Å². The fraction of sp³-hybridized carbons (Fsp3) is 0.462. The van der Waals surface area contributed by atoms with Crippen molar-refractivity contribution in [2.24, 2.45) is 5.92 Å². The Morgan fingerprint density at radius 1 is 1.44 bits per heavy atom. The van der Waals surface area contributed by atoms with Gasteiger partial charge in [-0.25, -0.2) is 0 Å². The highest BCUT2D eigenvalue weighted by molar-refractivity contribution is 9.10. The molecule has 1 saturated carbocycles. The smallest absolute Gasteiger partial charge is 0.252 e. The van der Waals surface area contributed by atoms with Gasteiger partial charge < -0.3 is 5.32 Å². The molecule has 1 aromatic rings. The average molecular weight is 396 g/mol. The van der Waals surface area contributed by atoms with Crippen LogP contribution in [-0.2, 0) is 0 Å². The minimum atomic E-state index is -0.104. The van der Waals surface area contributed by atoms with E-state index in [1.165, 1.54) is 19.3 Å². The molecule has 0 aromatic heterocycles. The number of benzene rings is 1. The van der Waals surface area contributed by atoms with Gasteiger partial charge in [-0.05, 0) is 37.0 Å². The van der Waals surface area contributed by atoms with Crippen LogP contribution >= 0.6 is 43.5 Å². The van der Waals surface area contributed by atoms with E-state index in [0.29, 0.717) is 27.9 Å². The van der Waals surface area contributed by atoms with Crippen LogP contribution in [0.4, 0.5) is 0 Å². The zero-order chi connectivity index (χ0) is 13.1. The van der Waals surface area contributed by atoms with Crippen molar-refractivity contribution in [3.05, 3.63) is 33.3 Å². The van der Waals surface area contributed by atoms with Gasteiger partial charge in [-0.15, -0.1) is 0 Å². The molecule has 1 aliphatic rings. The first kappa shape index (κ1) is 14.4. The highest BCUT2D eigenvalue weighted by atomic mass is 79.9. The summed E-state index contributed by atoms with van der Waals surface area (Å²) >= 11 is 13.0. The minimum absolute atomic E-state index is 0.104. The van der Waals surface area contributed by atoms with Gasteiger partial charge in [0.2, 0.25) is 0 Å². The van der Waals surface area contributed by atoms with E-state index in [2.05, 4.69) is 37.2 Å². The maximum absolute atomic E-state index is 12.0. The fourth-order valence-electron chi connectivity index (χ4n) is 2.21. The largest absolute Gasteiger partial charge is 0.352 e. The summed E-state index contributed by atoms with van der Waals surface area (Å²) in [5, 5.41) is 3.45. The van der Waals surface area contributed by atoms with Crippen LogP contribution in [0.15, 0.2) is 22.7 Å². The van der Waals surface area contributed by atoms with Gasteiger partial charge in [0, 0.05) is 15.8 Å². The van der Waals surface area contributed by atoms with Crippen molar-refractivity contribution in [1.29, 1.82) is 0 Å². The second-order valence-electron chi connectivity index (χ2n) is 4.54. The number of rotatable bonds is 3. The van der Waals surface area contributed by atoms with Crippen LogP contribution in [0, 0.1) is 5.92 Å². The molecular formula is C13H14Br2ClNO. The highest BCUT2D eigenvalue weighted by Gasteiger charge is 2.25. The third-order valence-corrected chi connectivity index (χ3v) is 5.29. The summed E-state index contributed by atoms with van der Waals surface area (Å²) in [5.74, 6) is 0.424. The van der Waals surface area contributed by atoms with Gasteiger partial charge in [-0.1, -0.05) is 49.9 Å². The van der Waals surface area contributed by atoms with Gasteiger partial charge in [0.25, 0.3) is 5.91 Å². The number of hydrogen-bond donors (Lipinski definition) is 1. The lowest BCUT2D eigenvalue weighted by molar-refractivity contribution is 0.0948. The molecular weight excluding hydrogens is 381 g/mol. The van der Waals surface area contributed by atoms with Crippen molar-refractivity contribution in [3.63, 3.8) is 0 Å². The summed E-state index contributed by atoms with van der Waals surface area (Å²) in [4.78, 5) is 12.6. The number of carbonyl (C=O) groups is 1. The minimum Gasteiger partial charge on any atom is -0.352 e. The summed E-state index contributed by atoms with van der Waals surface area (Å²) < 4.78 is 0.858. The second-order valence-corrected chi connectivity index (χ2v) is 7.04. The molecule has 0 spiro atoms. The summed E-state index contributed by atoms with van der Waals surface area (Å²) in [7, 11) is 0. The molecule has 1 amide bonds. The number of nitrogens with one attached hydrogen (secondary N) is 1. The Bertz CT molecular complexity index is 453. The van der Waals surface area contributed by atoms with Crippen LogP contribution in [0.5, 0.6) is 0 Å². The van der Waals surface area contributed by atoms with Gasteiger partial charge in [-0.3, -0.25) is 4.79 Å². The Hall–Kier alpha value is -0.0600. The maximum atomic E-state index is 12.0. The SMILES string of the molecule is O=C(NCC1CCCC1Br)c1cc(Br)ccc1Cl. The molecule has 2 rings (SSSR count). The predicted octanol–water partition coefficient (Wildman–Crippen LogP) is 4.40. The summed E-state index contributed by atoms with van der Waals surface area (Å²) in [6, 6.07) is 5.30. The van der Waals surface area contributed by atoms with Crippen molar-refractivity contribution < 1.29 is 4.79 Å². The fourth-order valence-corrected chi connectivity index (χ4v) is 3.55. The molecule has 1 aromatic carbocycles. The molecule has 98 valence electrons. The average Bonchev–Trinajstić information content (AvgIpc) is 2.75. The molecule has 2 atom stereocenters. The van der Waals surface area contributed by atoms with E-state index >= 15 is 0 Å². The first-order valence-electron chi connectivity index (χ1n) is 5.95. The number of halogens is 3. The highest BCUT2D eigenvalue weighted by Crippen LogP contribution is 2.31. The van der Waals surface area contributed by atoms with Crippen molar-refractivity contribution in [3.8, 4) is 0 Å². The molecule has 0 heterocycles. The van der Waals surface area contributed by atoms with Crippen molar-refractivity contribution in [2.75, 3.05) is 6.54 Å². The normalized spacial score (nSPS) is 23.1. The van der Waals surface area contributed by atoms with Gasteiger partial charge in [0.1, 0.15) is 0 Å². The monoisotopic (exact) mass is 393 g/mol. The Balaban J connectivity index is 1.97. The molecule has 0 radical (unpaired) electrons. The van der Waals surface area contributed by atoms with E-state index in [1.54, 1.807) is 12.1 Å². The summed E-state index contributed by atoms with van der Waals surface area (Å²) in [6.45, 7) is 0.706. The van der Waals surface area contributed by atoms with Crippen molar-refractivity contribution >= 4 is 49.4 Å². The predicted molar refractivity (Wildman–Crippen MR) is 81.5 cm³/mol. The zero-order valence-corrected chi connectivity index (χ0v) is 13.7. The lowest BCUT2D eigenvalue weighted by atomic mass is 10.1. The summed E-state index contributed by atoms with van der Waals surface area (Å²) in [5.41, 5.74) is 0.523. The molecule has 2 unspecified atom stereocenters. The number of carbonyl (C=O) groups excluding carboxylic acids is 1. The van der Waals surface area contributed by atoms with E-state index in [1.807, 2.05) is 6.07 Å². The Kier molecular flexibility index (Phi) is 5.10. The van der Waals surface area contributed by atoms with E-state index in [0.717, 1.165) is 4.47 Å². The third-order valence-electron chi connectivity index (χ3n) is 3.26. The molecule has 1 fully saturated rings. The standard InChI is InChI=1S/C13H14Br2ClNO/c14-9-4-5-12(16)10(6-9)13(18)17-7-8-2-1-3-11(8)15/h4-6,8,11H,1-3,7H2,(H,17,18). The quantitative estimate of drug-likeness (QED) is 0.756. The molecule has 1 aliphatic carbocycles. The first-order valence-corrected chi connectivity index (χ1v) is 8.04. The van der Waals surface area contributed by atoms with Crippen LogP contribution in [0.1, 0.15) is 29.6 Å². The van der Waals surface area contributed by atoms with Crippen molar-refractivity contribution in [2.45, 2.75) is 24.1 Å². The summed E-state index contributed by atoms with van der Waals surface area (Å²) in [6.07, 6.45) is 3.59. The van der Waals surface area contributed by atoms with Gasteiger partial charge in [0.15, 0.2) is 0 Å². The molecule has 2 nitrogen and oxygen atoms in total. The van der Waals surface area contributed by atoms with Crippen LogP contribution < -0.4 is 5.32 Å². The molecule has 18 heavy (non-hydrogen) atoms. The van der Waals surface area contributed by atoms with Gasteiger partial charge in [-0.2, -0.15) is 0 Å². The lowest BCUT2D eigenvalue weighted by Crippen LogP contribution is -2.31. The number of alkyl halides is 1. The van der Waals surface area contributed by atoms with Crippen LogP contribution in [0.3, 0.4) is 0 Å². The van der Waals surface area contributed by atoms with Crippen molar-refractivity contribution in [1.82, 2.24) is 5.32 Å². The molecule has 0 saturated heterocycles. The molecule has 1 N–H and O–H groups in total. The van der Waals surface area contributed by atoms with E-state index < -0.39 is 0 Å². The Labute approximate surface area is 129 Å². The molecule has 0 aliphatic heterocycles. The first-order chi connectivity index (χ1) is 8.58.